The molecule has 0 saturated carbocycles. The van der Waals surface area contributed by atoms with Crippen LogP contribution in [0.2, 0.25) is 15.2 Å². The summed E-state index contributed by atoms with van der Waals surface area (Å²) in [7, 11) is 0. The van der Waals surface area contributed by atoms with Crippen LogP contribution in [0.15, 0.2) is 42.5 Å². The molecule has 0 bridgehead atoms. The second kappa shape index (κ2) is 7.45. The monoisotopic (exact) mass is 410 g/mol. The zero-order valence-electron chi connectivity index (χ0n) is 12.9. The summed E-state index contributed by atoms with van der Waals surface area (Å²) in [4.78, 5) is 40.7. The minimum atomic E-state index is -0.870. The fourth-order valence-corrected chi connectivity index (χ4v) is 2.99. The fourth-order valence-electron chi connectivity index (χ4n) is 2.25. The quantitative estimate of drug-likeness (QED) is 0.434. The average Bonchev–Trinajstić information content (AvgIpc) is 2.96. The highest BCUT2D eigenvalue weighted by atomic mass is 35.5. The van der Waals surface area contributed by atoms with Gasteiger partial charge in [-0.25, -0.2) is 14.7 Å². The summed E-state index contributed by atoms with van der Waals surface area (Å²) in [5.41, 5.74) is 0.200. The van der Waals surface area contributed by atoms with Gasteiger partial charge in [-0.2, -0.15) is 0 Å². The van der Waals surface area contributed by atoms with Gasteiger partial charge in [0.15, 0.2) is 10.8 Å². The molecule has 26 heavy (non-hydrogen) atoms. The average molecular weight is 412 g/mol. The van der Waals surface area contributed by atoms with Crippen LogP contribution in [-0.4, -0.2) is 22.8 Å². The molecule has 0 unspecified atom stereocenters. The molecule has 2 heterocycles. The van der Waals surface area contributed by atoms with Crippen LogP contribution in [0.3, 0.4) is 0 Å². The van der Waals surface area contributed by atoms with Crippen molar-refractivity contribution in [2.45, 2.75) is 6.61 Å². The van der Waals surface area contributed by atoms with Gasteiger partial charge >= 0.3 is 5.97 Å². The van der Waals surface area contributed by atoms with E-state index in [0.29, 0.717) is 4.90 Å². The Balaban J connectivity index is 1.94. The maximum Gasteiger partial charge on any atom is 0.358 e. The Bertz CT molecular complexity index is 927. The van der Waals surface area contributed by atoms with Gasteiger partial charge in [0.25, 0.3) is 11.8 Å². The second-order valence-corrected chi connectivity index (χ2v) is 6.25. The summed E-state index contributed by atoms with van der Waals surface area (Å²) < 4.78 is 5.17. The Morgan fingerprint density at radius 1 is 1.00 bits per heavy atom. The normalized spacial score (nSPS) is 13.4. The number of carbonyl (C=O) groups excluding carboxylic acids is 3. The topological polar surface area (TPSA) is 76.6 Å². The number of halogens is 3. The van der Waals surface area contributed by atoms with Crippen molar-refractivity contribution in [1.82, 2.24) is 4.98 Å². The molecule has 0 spiro atoms. The van der Waals surface area contributed by atoms with Gasteiger partial charge < -0.3 is 4.74 Å². The number of hydrogen-bond acceptors (Lipinski definition) is 5. The van der Waals surface area contributed by atoms with Gasteiger partial charge in [-0.3, -0.25) is 9.59 Å². The van der Waals surface area contributed by atoms with Crippen LogP contribution in [0.4, 0.5) is 5.69 Å². The first kappa shape index (κ1) is 18.4. The Hall–Kier alpha value is -2.41. The number of esters is 1. The van der Waals surface area contributed by atoms with Crippen molar-refractivity contribution < 1.29 is 19.1 Å². The SMILES string of the molecule is O=C(OCc1ccccc1)c1nc(Cl)c(Cl)c(N2C(=O)C=CC2=O)c1Cl. The molecule has 0 fully saturated rings. The first-order chi connectivity index (χ1) is 12.4. The van der Waals surface area contributed by atoms with Gasteiger partial charge in [-0.15, -0.1) is 0 Å². The molecule has 2 aromatic rings. The summed E-state index contributed by atoms with van der Waals surface area (Å²) in [5.74, 6) is -2.19. The van der Waals surface area contributed by atoms with Crippen molar-refractivity contribution in [2.75, 3.05) is 4.90 Å². The minimum Gasteiger partial charge on any atom is -0.456 e. The number of rotatable bonds is 4. The van der Waals surface area contributed by atoms with E-state index in [4.69, 9.17) is 39.5 Å². The smallest absolute Gasteiger partial charge is 0.358 e. The van der Waals surface area contributed by atoms with E-state index < -0.39 is 17.8 Å². The van der Waals surface area contributed by atoms with Crippen LogP contribution in [0.1, 0.15) is 16.1 Å². The van der Waals surface area contributed by atoms with E-state index in [1.165, 1.54) is 0 Å². The van der Waals surface area contributed by atoms with Crippen molar-refractivity contribution in [1.29, 1.82) is 0 Å². The molecule has 1 aliphatic rings. The molecule has 9 heteroatoms. The molecule has 0 N–H and O–H groups in total. The van der Waals surface area contributed by atoms with Crippen molar-refractivity contribution in [3.05, 3.63) is 68.9 Å². The van der Waals surface area contributed by atoms with E-state index in [1.807, 2.05) is 6.07 Å². The summed E-state index contributed by atoms with van der Waals surface area (Å²) in [5, 5.41) is -0.810. The highest BCUT2D eigenvalue weighted by Gasteiger charge is 2.33. The van der Waals surface area contributed by atoms with Crippen molar-refractivity contribution in [3.8, 4) is 0 Å². The third-order valence-corrected chi connectivity index (χ3v) is 4.54. The standard InChI is InChI=1S/C17H9Cl3N2O4/c18-12-14(17(25)26-8-9-4-2-1-3-5-9)21-16(20)13(19)15(12)22-10(23)6-7-11(22)24/h1-7H,8H2. The van der Waals surface area contributed by atoms with Gasteiger partial charge in [-0.1, -0.05) is 65.1 Å². The van der Waals surface area contributed by atoms with Crippen molar-refractivity contribution >= 4 is 58.3 Å². The van der Waals surface area contributed by atoms with Gasteiger partial charge in [-0.05, 0) is 5.56 Å². The van der Waals surface area contributed by atoms with E-state index >= 15 is 0 Å². The van der Waals surface area contributed by atoms with E-state index in [2.05, 4.69) is 4.98 Å². The molecular formula is C17H9Cl3N2O4. The summed E-state index contributed by atoms with van der Waals surface area (Å²) in [6.45, 7) is -0.0175. The van der Waals surface area contributed by atoms with Crippen LogP contribution in [0.5, 0.6) is 0 Å². The molecule has 2 amide bonds. The van der Waals surface area contributed by atoms with E-state index in [1.54, 1.807) is 24.3 Å². The molecule has 132 valence electrons. The van der Waals surface area contributed by atoms with Crippen molar-refractivity contribution in [2.24, 2.45) is 0 Å². The minimum absolute atomic E-state index is 0.0175. The maximum absolute atomic E-state index is 12.4. The molecule has 0 radical (unpaired) electrons. The lowest BCUT2D eigenvalue weighted by Gasteiger charge is -2.19. The van der Waals surface area contributed by atoms with E-state index in [9.17, 15) is 14.4 Å². The summed E-state index contributed by atoms with van der Waals surface area (Å²) in [6, 6.07) is 8.96. The van der Waals surface area contributed by atoms with Gasteiger partial charge in [0.2, 0.25) is 0 Å². The number of aromatic nitrogens is 1. The summed E-state index contributed by atoms with van der Waals surface area (Å²) in [6.07, 6.45) is 2.10. The Morgan fingerprint density at radius 2 is 1.62 bits per heavy atom. The highest BCUT2D eigenvalue weighted by Crippen LogP contribution is 2.40. The molecular weight excluding hydrogens is 403 g/mol. The lowest BCUT2D eigenvalue weighted by molar-refractivity contribution is -0.119. The molecule has 0 saturated heterocycles. The van der Waals surface area contributed by atoms with Crippen LogP contribution < -0.4 is 4.90 Å². The molecule has 0 aliphatic carbocycles. The first-order valence-electron chi connectivity index (χ1n) is 7.22. The molecule has 1 aliphatic heterocycles. The van der Waals surface area contributed by atoms with E-state index in [-0.39, 0.29) is 33.2 Å². The molecule has 6 nitrogen and oxygen atoms in total. The zero-order chi connectivity index (χ0) is 18.8. The third-order valence-electron chi connectivity index (χ3n) is 3.45. The number of imide groups is 1. The van der Waals surface area contributed by atoms with Crippen LogP contribution >= 0.6 is 34.8 Å². The Labute approximate surface area is 162 Å². The van der Waals surface area contributed by atoms with Gasteiger partial charge in [0.1, 0.15) is 11.6 Å². The zero-order valence-corrected chi connectivity index (χ0v) is 15.2. The number of pyridine rings is 1. The van der Waals surface area contributed by atoms with Crippen LogP contribution in [0.25, 0.3) is 0 Å². The molecule has 1 aromatic heterocycles. The number of ether oxygens (including phenoxy) is 1. The summed E-state index contributed by atoms with van der Waals surface area (Å²) >= 11 is 18.2. The van der Waals surface area contributed by atoms with Crippen LogP contribution in [-0.2, 0) is 20.9 Å². The number of amides is 2. The van der Waals surface area contributed by atoms with Gasteiger partial charge in [0.05, 0.1) is 10.7 Å². The van der Waals surface area contributed by atoms with E-state index in [0.717, 1.165) is 17.7 Å². The number of nitrogens with zero attached hydrogens (tertiary/aromatic N) is 2. The maximum atomic E-state index is 12.4. The predicted octanol–water partition coefficient (Wildman–Crippen LogP) is 3.83. The predicted molar refractivity (Wildman–Crippen MR) is 96.5 cm³/mol. The Morgan fingerprint density at radius 3 is 2.23 bits per heavy atom. The van der Waals surface area contributed by atoms with Crippen molar-refractivity contribution in [3.63, 3.8) is 0 Å². The van der Waals surface area contributed by atoms with Gasteiger partial charge in [0, 0.05) is 12.2 Å². The molecule has 3 rings (SSSR count). The number of hydrogen-bond donors (Lipinski definition) is 0. The lowest BCUT2D eigenvalue weighted by Crippen LogP contribution is -2.31. The second-order valence-electron chi connectivity index (χ2n) is 5.13. The number of benzene rings is 1. The molecule has 0 atom stereocenters. The first-order valence-corrected chi connectivity index (χ1v) is 8.35. The fraction of sp³-hybridized carbons (Fsp3) is 0.0588. The highest BCUT2D eigenvalue weighted by molar-refractivity contribution is 6.48. The van der Waals surface area contributed by atoms with Crippen LogP contribution in [0, 0.1) is 0 Å². The number of anilines is 1. The molecule has 1 aromatic carbocycles. The third kappa shape index (κ3) is 3.44. The number of carbonyl (C=O) groups is 3. The Kier molecular flexibility index (Phi) is 5.27. The largest absolute Gasteiger partial charge is 0.456 e. The lowest BCUT2D eigenvalue weighted by atomic mass is 10.2.